The van der Waals surface area contributed by atoms with Gasteiger partial charge in [0, 0.05) is 0 Å². The summed E-state index contributed by atoms with van der Waals surface area (Å²) in [6.45, 7) is 1.63. The Morgan fingerprint density at radius 3 is 2.61 bits per heavy atom. The van der Waals surface area contributed by atoms with Crippen LogP contribution >= 0.6 is 0 Å². The molecule has 0 heterocycles. The van der Waals surface area contributed by atoms with Crippen LogP contribution in [0.25, 0.3) is 0 Å². The van der Waals surface area contributed by atoms with Gasteiger partial charge in [-0.3, -0.25) is 4.79 Å². The van der Waals surface area contributed by atoms with E-state index in [-0.39, 0.29) is 24.5 Å². The topological polar surface area (TPSA) is 75.4 Å². The number of nitrogens with two attached hydrogens (primary N) is 1. The van der Waals surface area contributed by atoms with Crippen LogP contribution in [-0.4, -0.2) is 23.2 Å². The van der Waals surface area contributed by atoms with Gasteiger partial charge in [0.1, 0.15) is 0 Å². The van der Waals surface area contributed by atoms with E-state index in [1.807, 2.05) is 30.3 Å². The molecule has 4 heteroatoms. The molecule has 0 radical (unpaired) electrons. The van der Waals surface area contributed by atoms with Crippen molar-refractivity contribution in [3.63, 3.8) is 0 Å². The summed E-state index contributed by atoms with van der Waals surface area (Å²) in [5.74, 6) is 0.0838. The maximum atomic E-state index is 12.1. The monoisotopic (exact) mass is 248 g/mol. The highest BCUT2D eigenvalue weighted by Crippen LogP contribution is 2.38. The molecule has 4 nitrogen and oxygen atoms in total. The van der Waals surface area contributed by atoms with E-state index in [1.54, 1.807) is 6.92 Å². The third-order valence-electron chi connectivity index (χ3n) is 3.60. The molecule has 1 aromatic carbocycles. The molecule has 98 valence electrons. The maximum absolute atomic E-state index is 12.1. The fourth-order valence-electron chi connectivity index (χ4n) is 2.10. The Labute approximate surface area is 107 Å². The van der Waals surface area contributed by atoms with Gasteiger partial charge in [-0.2, -0.15) is 0 Å². The molecule has 2 atom stereocenters. The van der Waals surface area contributed by atoms with E-state index < -0.39 is 5.54 Å². The lowest BCUT2D eigenvalue weighted by Crippen LogP contribution is -2.54. The zero-order valence-electron chi connectivity index (χ0n) is 10.6. The van der Waals surface area contributed by atoms with E-state index in [9.17, 15) is 9.90 Å². The van der Waals surface area contributed by atoms with Gasteiger partial charge in [0.15, 0.2) is 0 Å². The molecule has 18 heavy (non-hydrogen) atoms. The molecule has 1 saturated carbocycles. The smallest absolute Gasteiger partial charge is 0.240 e. The van der Waals surface area contributed by atoms with Crippen molar-refractivity contribution in [2.45, 2.75) is 31.3 Å². The largest absolute Gasteiger partial charge is 0.394 e. The van der Waals surface area contributed by atoms with Crippen LogP contribution in [0.1, 0.15) is 31.4 Å². The molecule has 0 spiro atoms. The molecule has 1 amide bonds. The Morgan fingerprint density at radius 1 is 1.50 bits per heavy atom. The van der Waals surface area contributed by atoms with Crippen LogP contribution in [0.5, 0.6) is 0 Å². The van der Waals surface area contributed by atoms with Gasteiger partial charge in [-0.1, -0.05) is 30.3 Å². The van der Waals surface area contributed by atoms with Crippen molar-refractivity contribution in [1.82, 2.24) is 5.32 Å². The highest BCUT2D eigenvalue weighted by atomic mass is 16.3. The van der Waals surface area contributed by atoms with Gasteiger partial charge in [0.25, 0.3) is 0 Å². The van der Waals surface area contributed by atoms with Crippen molar-refractivity contribution in [2.24, 2.45) is 11.7 Å². The third-order valence-corrected chi connectivity index (χ3v) is 3.60. The number of carbonyl (C=O) groups excluding carboxylic acids is 1. The minimum absolute atomic E-state index is 0.128. The van der Waals surface area contributed by atoms with E-state index in [1.165, 1.54) is 0 Å². The Kier molecular flexibility index (Phi) is 3.68. The molecule has 1 aromatic rings. The molecule has 2 unspecified atom stereocenters. The Morgan fingerprint density at radius 2 is 2.11 bits per heavy atom. The number of nitrogens with one attached hydrogen (secondary N) is 1. The van der Waals surface area contributed by atoms with Crippen molar-refractivity contribution in [3.8, 4) is 0 Å². The highest BCUT2D eigenvalue weighted by molar-refractivity contribution is 5.86. The summed E-state index contributed by atoms with van der Waals surface area (Å²) >= 11 is 0. The summed E-state index contributed by atoms with van der Waals surface area (Å²) in [4.78, 5) is 12.1. The van der Waals surface area contributed by atoms with Crippen LogP contribution in [0, 0.1) is 5.92 Å². The SMILES string of the molecule is CC(N)(C(=O)NC(CO)c1ccccc1)C1CC1. The zero-order chi connectivity index (χ0) is 13.2. The van der Waals surface area contributed by atoms with Gasteiger partial charge >= 0.3 is 0 Å². The van der Waals surface area contributed by atoms with Gasteiger partial charge in [-0.05, 0) is 31.2 Å². The lowest BCUT2D eigenvalue weighted by molar-refractivity contribution is -0.127. The average Bonchev–Trinajstić information content (AvgIpc) is 3.21. The van der Waals surface area contributed by atoms with Crippen molar-refractivity contribution >= 4 is 5.91 Å². The first-order chi connectivity index (χ1) is 8.55. The normalized spacial score (nSPS) is 19.9. The van der Waals surface area contributed by atoms with Crippen molar-refractivity contribution in [3.05, 3.63) is 35.9 Å². The highest BCUT2D eigenvalue weighted by Gasteiger charge is 2.44. The number of carbonyl (C=O) groups is 1. The quantitative estimate of drug-likeness (QED) is 0.726. The van der Waals surface area contributed by atoms with Gasteiger partial charge in [-0.25, -0.2) is 0 Å². The molecule has 2 rings (SSSR count). The van der Waals surface area contributed by atoms with Crippen LogP contribution in [0.15, 0.2) is 30.3 Å². The van der Waals surface area contributed by atoms with Gasteiger partial charge < -0.3 is 16.2 Å². The van der Waals surface area contributed by atoms with Crippen molar-refractivity contribution in [1.29, 1.82) is 0 Å². The summed E-state index contributed by atoms with van der Waals surface area (Å²) in [5.41, 5.74) is 6.11. The zero-order valence-corrected chi connectivity index (χ0v) is 10.6. The van der Waals surface area contributed by atoms with Crippen LogP contribution in [0.4, 0.5) is 0 Å². The molecule has 4 N–H and O–H groups in total. The number of benzene rings is 1. The number of aliphatic hydroxyl groups is 1. The number of hydrogen-bond acceptors (Lipinski definition) is 3. The number of amides is 1. The predicted octanol–water partition coefficient (Wildman–Crippen LogP) is 0.964. The first-order valence-electron chi connectivity index (χ1n) is 6.31. The molecule has 0 saturated heterocycles. The lowest BCUT2D eigenvalue weighted by atomic mass is 9.95. The molecule has 0 aromatic heterocycles. The number of rotatable bonds is 5. The van der Waals surface area contributed by atoms with Gasteiger partial charge in [-0.15, -0.1) is 0 Å². The summed E-state index contributed by atoms with van der Waals surface area (Å²) in [5, 5.41) is 12.2. The summed E-state index contributed by atoms with van der Waals surface area (Å²) < 4.78 is 0. The minimum atomic E-state index is -0.831. The van der Waals surface area contributed by atoms with E-state index in [2.05, 4.69) is 5.32 Å². The summed E-state index contributed by atoms with van der Waals surface area (Å²) in [6, 6.07) is 9.04. The number of hydrogen-bond donors (Lipinski definition) is 3. The standard InChI is InChI=1S/C14H20N2O2/c1-14(15,11-7-8-11)13(18)16-12(9-17)10-5-3-2-4-6-10/h2-6,11-12,17H,7-9,15H2,1H3,(H,16,18). The Bertz CT molecular complexity index is 413. The summed E-state index contributed by atoms with van der Waals surface area (Å²) in [7, 11) is 0. The molecule has 1 fully saturated rings. The molecule has 0 bridgehead atoms. The first kappa shape index (κ1) is 13.1. The molecule has 1 aliphatic rings. The molecular weight excluding hydrogens is 228 g/mol. The molecule has 0 aliphatic heterocycles. The second-order valence-corrected chi connectivity index (χ2v) is 5.18. The third kappa shape index (κ3) is 2.71. The molecular formula is C14H20N2O2. The fraction of sp³-hybridized carbons (Fsp3) is 0.500. The maximum Gasteiger partial charge on any atom is 0.240 e. The van der Waals surface area contributed by atoms with Crippen LogP contribution in [-0.2, 0) is 4.79 Å². The van der Waals surface area contributed by atoms with Crippen molar-refractivity contribution < 1.29 is 9.90 Å². The lowest BCUT2D eigenvalue weighted by Gasteiger charge is -2.26. The average molecular weight is 248 g/mol. The van der Waals surface area contributed by atoms with E-state index in [0.29, 0.717) is 0 Å². The van der Waals surface area contributed by atoms with E-state index in [0.717, 1.165) is 18.4 Å². The van der Waals surface area contributed by atoms with E-state index >= 15 is 0 Å². The Balaban J connectivity index is 2.05. The van der Waals surface area contributed by atoms with Crippen molar-refractivity contribution in [2.75, 3.05) is 6.61 Å². The van der Waals surface area contributed by atoms with E-state index in [4.69, 9.17) is 5.73 Å². The second kappa shape index (κ2) is 5.08. The summed E-state index contributed by atoms with van der Waals surface area (Å²) in [6.07, 6.45) is 2.02. The van der Waals surface area contributed by atoms with Crippen LogP contribution < -0.4 is 11.1 Å². The first-order valence-corrected chi connectivity index (χ1v) is 6.31. The second-order valence-electron chi connectivity index (χ2n) is 5.18. The molecule has 1 aliphatic carbocycles. The fourth-order valence-corrected chi connectivity index (χ4v) is 2.10. The Hall–Kier alpha value is -1.39. The van der Waals surface area contributed by atoms with Crippen LogP contribution in [0.2, 0.25) is 0 Å². The minimum Gasteiger partial charge on any atom is -0.394 e. The predicted molar refractivity (Wildman–Crippen MR) is 69.7 cm³/mol. The van der Waals surface area contributed by atoms with Gasteiger partial charge in [0.2, 0.25) is 5.91 Å². The van der Waals surface area contributed by atoms with Crippen LogP contribution in [0.3, 0.4) is 0 Å². The van der Waals surface area contributed by atoms with Gasteiger partial charge in [0.05, 0.1) is 18.2 Å². The number of aliphatic hydroxyl groups excluding tert-OH is 1.